The Morgan fingerprint density at radius 3 is 2.50 bits per heavy atom. The zero-order valence-electron chi connectivity index (χ0n) is 10.9. The van der Waals surface area contributed by atoms with Crippen molar-refractivity contribution in [3.05, 3.63) is 24.3 Å². The van der Waals surface area contributed by atoms with E-state index in [9.17, 15) is 14.4 Å². The van der Waals surface area contributed by atoms with E-state index in [4.69, 9.17) is 0 Å². The summed E-state index contributed by atoms with van der Waals surface area (Å²) in [7, 11) is 0. The molecule has 1 aliphatic heterocycles. The SMILES string of the molecule is CC(=O)Nc1cccc(NC(=O)C2=NNC(=O)CC2)c1. The number of amides is 3. The van der Waals surface area contributed by atoms with Crippen LogP contribution in [0.5, 0.6) is 0 Å². The van der Waals surface area contributed by atoms with Gasteiger partial charge in [-0.3, -0.25) is 14.4 Å². The summed E-state index contributed by atoms with van der Waals surface area (Å²) in [5, 5.41) is 9.01. The molecule has 20 heavy (non-hydrogen) atoms. The fraction of sp³-hybridized carbons (Fsp3) is 0.231. The van der Waals surface area contributed by atoms with E-state index in [1.54, 1.807) is 24.3 Å². The van der Waals surface area contributed by atoms with Gasteiger partial charge in [0.25, 0.3) is 5.91 Å². The van der Waals surface area contributed by atoms with Gasteiger partial charge in [-0.1, -0.05) is 6.07 Å². The van der Waals surface area contributed by atoms with Crippen LogP contribution in [0.3, 0.4) is 0 Å². The monoisotopic (exact) mass is 274 g/mol. The molecule has 0 aliphatic carbocycles. The highest BCUT2D eigenvalue weighted by Crippen LogP contribution is 2.15. The summed E-state index contributed by atoms with van der Waals surface area (Å²) < 4.78 is 0. The van der Waals surface area contributed by atoms with E-state index >= 15 is 0 Å². The summed E-state index contributed by atoms with van der Waals surface area (Å²) in [5.41, 5.74) is 3.67. The molecular formula is C13H14N4O3. The number of carbonyl (C=O) groups excluding carboxylic acids is 3. The quantitative estimate of drug-likeness (QED) is 0.761. The molecule has 0 unspecified atom stereocenters. The number of hydrazone groups is 1. The molecule has 0 saturated heterocycles. The lowest BCUT2D eigenvalue weighted by Crippen LogP contribution is -2.32. The van der Waals surface area contributed by atoms with Gasteiger partial charge in [0.1, 0.15) is 5.71 Å². The molecule has 7 heteroatoms. The molecule has 2 rings (SSSR count). The van der Waals surface area contributed by atoms with Crippen molar-refractivity contribution in [2.75, 3.05) is 10.6 Å². The second-order valence-corrected chi connectivity index (χ2v) is 4.31. The van der Waals surface area contributed by atoms with Crippen molar-refractivity contribution in [3.63, 3.8) is 0 Å². The van der Waals surface area contributed by atoms with Crippen LogP contribution in [-0.2, 0) is 14.4 Å². The number of nitrogens with zero attached hydrogens (tertiary/aromatic N) is 1. The molecular weight excluding hydrogens is 260 g/mol. The summed E-state index contributed by atoms with van der Waals surface area (Å²) in [4.78, 5) is 33.8. The molecule has 1 aromatic rings. The maximum Gasteiger partial charge on any atom is 0.271 e. The highest BCUT2D eigenvalue weighted by atomic mass is 16.2. The van der Waals surface area contributed by atoms with Gasteiger partial charge in [-0.15, -0.1) is 0 Å². The van der Waals surface area contributed by atoms with Crippen LogP contribution < -0.4 is 16.1 Å². The second kappa shape index (κ2) is 5.96. The van der Waals surface area contributed by atoms with Gasteiger partial charge in [0.15, 0.2) is 0 Å². The average molecular weight is 274 g/mol. The summed E-state index contributed by atoms with van der Waals surface area (Å²) >= 11 is 0. The van der Waals surface area contributed by atoms with Crippen molar-refractivity contribution in [1.29, 1.82) is 0 Å². The Morgan fingerprint density at radius 2 is 1.90 bits per heavy atom. The van der Waals surface area contributed by atoms with Crippen LogP contribution in [0.15, 0.2) is 29.4 Å². The molecule has 3 N–H and O–H groups in total. The van der Waals surface area contributed by atoms with Crippen LogP contribution in [0.2, 0.25) is 0 Å². The molecule has 0 fully saturated rings. The normalized spacial score (nSPS) is 14.1. The molecule has 104 valence electrons. The smallest absolute Gasteiger partial charge is 0.271 e. The van der Waals surface area contributed by atoms with E-state index in [1.165, 1.54) is 6.92 Å². The zero-order chi connectivity index (χ0) is 14.5. The number of anilines is 2. The van der Waals surface area contributed by atoms with Gasteiger partial charge in [-0.25, -0.2) is 5.43 Å². The Kier molecular flexibility index (Phi) is 4.09. The van der Waals surface area contributed by atoms with Gasteiger partial charge in [0.05, 0.1) is 0 Å². The summed E-state index contributed by atoms with van der Waals surface area (Å²) in [6.07, 6.45) is 0.557. The van der Waals surface area contributed by atoms with Crippen LogP contribution in [0.1, 0.15) is 19.8 Å². The largest absolute Gasteiger partial charge is 0.326 e. The number of hydrogen-bond donors (Lipinski definition) is 3. The van der Waals surface area contributed by atoms with Gasteiger partial charge in [0, 0.05) is 31.1 Å². The maximum absolute atomic E-state index is 11.9. The van der Waals surface area contributed by atoms with Crippen LogP contribution in [0.25, 0.3) is 0 Å². The Bertz CT molecular complexity index is 595. The molecule has 0 bridgehead atoms. The van der Waals surface area contributed by atoms with Crippen molar-refractivity contribution in [2.45, 2.75) is 19.8 Å². The van der Waals surface area contributed by atoms with Crippen molar-refractivity contribution in [3.8, 4) is 0 Å². The van der Waals surface area contributed by atoms with Gasteiger partial charge >= 0.3 is 0 Å². The maximum atomic E-state index is 11.9. The van der Waals surface area contributed by atoms with Crippen molar-refractivity contribution < 1.29 is 14.4 Å². The first-order valence-corrected chi connectivity index (χ1v) is 6.09. The molecule has 7 nitrogen and oxygen atoms in total. The highest BCUT2D eigenvalue weighted by molar-refractivity contribution is 6.43. The Morgan fingerprint density at radius 1 is 1.20 bits per heavy atom. The number of rotatable bonds is 3. The third kappa shape index (κ3) is 3.64. The molecule has 0 saturated carbocycles. The molecule has 1 aromatic carbocycles. The third-order valence-corrected chi connectivity index (χ3v) is 2.61. The first-order valence-electron chi connectivity index (χ1n) is 6.09. The van der Waals surface area contributed by atoms with Gasteiger partial charge in [-0.05, 0) is 18.2 Å². The first-order chi connectivity index (χ1) is 9.54. The van der Waals surface area contributed by atoms with E-state index in [-0.39, 0.29) is 29.9 Å². The number of benzene rings is 1. The minimum Gasteiger partial charge on any atom is -0.326 e. The Balaban J connectivity index is 2.04. The minimum absolute atomic E-state index is 0.187. The van der Waals surface area contributed by atoms with Crippen LogP contribution >= 0.6 is 0 Å². The Labute approximate surface area is 115 Å². The number of carbonyl (C=O) groups is 3. The van der Waals surface area contributed by atoms with E-state index in [2.05, 4.69) is 21.2 Å². The zero-order valence-corrected chi connectivity index (χ0v) is 10.9. The molecule has 1 aliphatic rings. The standard InChI is InChI=1S/C13H14N4O3/c1-8(18)14-9-3-2-4-10(7-9)15-13(20)11-5-6-12(19)17-16-11/h2-4,7H,5-6H2,1H3,(H,14,18)(H,15,20)(H,17,19). The first kappa shape index (κ1) is 13.7. The second-order valence-electron chi connectivity index (χ2n) is 4.31. The van der Waals surface area contributed by atoms with Crippen molar-refractivity contribution >= 4 is 34.8 Å². The summed E-state index contributed by atoms with van der Waals surface area (Å²) in [5.74, 6) is -0.757. The Hall–Kier alpha value is -2.70. The molecule has 0 atom stereocenters. The molecule has 0 radical (unpaired) electrons. The predicted molar refractivity (Wildman–Crippen MR) is 74.2 cm³/mol. The molecule has 3 amide bonds. The minimum atomic E-state index is -0.370. The summed E-state index contributed by atoms with van der Waals surface area (Å²) in [6.45, 7) is 1.41. The lowest BCUT2D eigenvalue weighted by Gasteiger charge is -2.12. The van der Waals surface area contributed by atoms with E-state index in [0.717, 1.165) is 0 Å². The predicted octanol–water partition coefficient (Wildman–Crippen LogP) is 0.849. The molecule has 0 aromatic heterocycles. The van der Waals surface area contributed by atoms with Crippen LogP contribution in [0.4, 0.5) is 11.4 Å². The molecule has 1 heterocycles. The van der Waals surface area contributed by atoms with E-state index in [1.807, 2.05) is 0 Å². The average Bonchev–Trinajstić information content (AvgIpc) is 2.39. The number of hydrogen-bond acceptors (Lipinski definition) is 4. The van der Waals surface area contributed by atoms with E-state index < -0.39 is 0 Å². The van der Waals surface area contributed by atoms with Gasteiger partial charge in [-0.2, -0.15) is 5.10 Å². The van der Waals surface area contributed by atoms with E-state index in [0.29, 0.717) is 17.8 Å². The number of nitrogens with one attached hydrogen (secondary N) is 3. The fourth-order valence-electron chi connectivity index (χ4n) is 1.72. The topological polar surface area (TPSA) is 99.7 Å². The third-order valence-electron chi connectivity index (χ3n) is 2.61. The fourth-order valence-corrected chi connectivity index (χ4v) is 1.72. The van der Waals surface area contributed by atoms with Crippen molar-refractivity contribution in [2.24, 2.45) is 5.10 Å². The lowest BCUT2D eigenvalue weighted by atomic mass is 10.1. The van der Waals surface area contributed by atoms with Crippen LogP contribution in [-0.4, -0.2) is 23.4 Å². The molecule has 0 spiro atoms. The van der Waals surface area contributed by atoms with Crippen LogP contribution in [0, 0.1) is 0 Å². The van der Waals surface area contributed by atoms with Crippen molar-refractivity contribution in [1.82, 2.24) is 5.43 Å². The van der Waals surface area contributed by atoms with Gasteiger partial charge < -0.3 is 10.6 Å². The highest BCUT2D eigenvalue weighted by Gasteiger charge is 2.18. The van der Waals surface area contributed by atoms with Gasteiger partial charge in [0.2, 0.25) is 11.8 Å². The lowest BCUT2D eigenvalue weighted by molar-refractivity contribution is -0.121. The summed E-state index contributed by atoms with van der Waals surface area (Å²) in [6, 6.07) is 6.77.